The number of nitrogens with zero attached hydrogens (tertiary/aromatic N) is 2. The Morgan fingerprint density at radius 1 is 1.05 bits per heavy atom. The highest BCUT2D eigenvalue weighted by atomic mass is 35.5. The number of benzene rings is 1. The lowest BCUT2D eigenvalue weighted by Crippen LogP contribution is -1.95. The fraction of sp³-hybridized carbons (Fsp3) is 0.188. The predicted octanol–water partition coefficient (Wildman–Crippen LogP) is 3.33. The van der Waals surface area contributed by atoms with E-state index in [-0.39, 0.29) is 12.4 Å². The van der Waals surface area contributed by atoms with E-state index in [0.29, 0.717) is 17.3 Å². The highest BCUT2D eigenvalue weighted by Crippen LogP contribution is 2.34. The van der Waals surface area contributed by atoms with E-state index < -0.39 is 0 Å². The number of imidazole rings is 1. The Balaban J connectivity index is 0.00000176. The second-order valence-corrected chi connectivity index (χ2v) is 4.85. The van der Waals surface area contributed by atoms with Crippen molar-refractivity contribution in [2.24, 2.45) is 0 Å². The third-order valence-electron chi connectivity index (χ3n) is 3.48. The summed E-state index contributed by atoms with van der Waals surface area (Å²) >= 11 is 0. The Kier molecular flexibility index (Phi) is 4.47. The van der Waals surface area contributed by atoms with Gasteiger partial charge in [-0.05, 0) is 42.8 Å². The van der Waals surface area contributed by atoms with Gasteiger partial charge in [-0.15, -0.1) is 12.4 Å². The van der Waals surface area contributed by atoms with Crippen molar-refractivity contribution in [2.75, 3.05) is 20.0 Å². The Bertz CT molecular complexity index is 815. The normalized spacial score (nSPS) is 10.3. The van der Waals surface area contributed by atoms with E-state index in [1.807, 2.05) is 47.9 Å². The molecular weight excluding hydrogens is 302 g/mol. The average Bonchev–Trinajstić information content (AvgIpc) is 2.82. The van der Waals surface area contributed by atoms with E-state index in [2.05, 4.69) is 4.98 Å². The highest BCUT2D eigenvalue weighted by Gasteiger charge is 2.13. The first-order valence-electron chi connectivity index (χ1n) is 6.60. The van der Waals surface area contributed by atoms with Crippen molar-refractivity contribution < 1.29 is 9.47 Å². The summed E-state index contributed by atoms with van der Waals surface area (Å²) in [4.78, 5) is 4.62. The Labute approximate surface area is 135 Å². The number of halogens is 1. The molecule has 6 heteroatoms. The van der Waals surface area contributed by atoms with Crippen LogP contribution < -0.4 is 15.2 Å². The van der Waals surface area contributed by atoms with Crippen molar-refractivity contribution in [1.29, 1.82) is 0 Å². The van der Waals surface area contributed by atoms with E-state index in [9.17, 15) is 0 Å². The number of methoxy groups -OCH3 is 2. The highest BCUT2D eigenvalue weighted by molar-refractivity contribution is 5.85. The fourth-order valence-electron chi connectivity index (χ4n) is 2.36. The van der Waals surface area contributed by atoms with Gasteiger partial charge in [-0.1, -0.05) is 0 Å². The van der Waals surface area contributed by atoms with Gasteiger partial charge >= 0.3 is 0 Å². The molecule has 0 aliphatic heterocycles. The van der Waals surface area contributed by atoms with Crippen LogP contribution in [0.1, 0.15) is 5.56 Å². The maximum absolute atomic E-state index is 6.21. The monoisotopic (exact) mass is 319 g/mol. The van der Waals surface area contributed by atoms with Crippen molar-refractivity contribution in [3.05, 3.63) is 42.1 Å². The van der Waals surface area contributed by atoms with Crippen LogP contribution in [0.5, 0.6) is 11.5 Å². The molecule has 0 amide bonds. The topological polar surface area (TPSA) is 61.8 Å². The lowest BCUT2D eigenvalue weighted by atomic mass is 10.1. The minimum atomic E-state index is 0. The Morgan fingerprint density at radius 3 is 2.45 bits per heavy atom. The largest absolute Gasteiger partial charge is 0.493 e. The average molecular weight is 320 g/mol. The summed E-state index contributed by atoms with van der Waals surface area (Å²) in [5.74, 6) is 1.94. The summed E-state index contributed by atoms with van der Waals surface area (Å²) < 4.78 is 12.5. The molecule has 22 heavy (non-hydrogen) atoms. The number of ether oxygens (including phenoxy) is 2. The SMILES string of the molecule is COc1ccc(-c2nc3cc(C)ccn3c2N)cc1OC.Cl. The van der Waals surface area contributed by atoms with Crippen LogP contribution in [0.2, 0.25) is 0 Å². The first kappa shape index (κ1) is 16.0. The van der Waals surface area contributed by atoms with Gasteiger partial charge in [0, 0.05) is 11.8 Å². The maximum atomic E-state index is 6.21. The Morgan fingerprint density at radius 2 is 1.77 bits per heavy atom. The van der Waals surface area contributed by atoms with Crippen LogP contribution in [0.3, 0.4) is 0 Å². The van der Waals surface area contributed by atoms with Gasteiger partial charge in [0.05, 0.1) is 14.2 Å². The van der Waals surface area contributed by atoms with Crippen LogP contribution in [0, 0.1) is 6.92 Å². The van der Waals surface area contributed by atoms with Gasteiger partial charge in [0.1, 0.15) is 17.2 Å². The lowest BCUT2D eigenvalue weighted by Gasteiger charge is -2.08. The van der Waals surface area contributed by atoms with Gasteiger partial charge in [-0.25, -0.2) is 4.98 Å². The minimum Gasteiger partial charge on any atom is -0.493 e. The van der Waals surface area contributed by atoms with E-state index >= 15 is 0 Å². The molecule has 2 aromatic heterocycles. The molecule has 0 fully saturated rings. The molecule has 0 saturated carbocycles. The number of rotatable bonds is 3. The molecule has 2 heterocycles. The minimum absolute atomic E-state index is 0. The number of hydrogen-bond acceptors (Lipinski definition) is 4. The first-order valence-corrected chi connectivity index (χ1v) is 6.60. The number of nitrogens with two attached hydrogens (primary N) is 1. The molecular formula is C16H18ClN3O2. The van der Waals surface area contributed by atoms with Gasteiger partial charge in [-0.3, -0.25) is 4.40 Å². The molecule has 0 aliphatic rings. The van der Waals surface area contributed by atoms with Crippen molar-refractivity contribution in [3.63, 3.8) is 0 Å². The van der Waals surface area contributed by atoms with Crippen molar-refractivity contribution in [3.8, 4) is 22.8 Å². The molecule has 0 atom stereocenters. The van der Waals surface area contributed by atoms with E-state index in [1.54, 1.807) is 14.2 Å². The van der Waals surface area contributed by atoms with Crippen LogP contribution in [-0.2, 0) is 0 Å². The Hall–Kier alpha value is -2.40. The summed E-state index contributed by atoms with van der Waals surface area (Å²) in [5, 5.41) is 0. The summed E-state index contributed by atoms with van der Waals surface area (Å²) in [5.41, 5.74) is 9.82. The molecule has 0 bridgehead atoms. The van der Waals surface area contributed by atoms with Crippen molar-refractivity contribution >= 4 is 23.9 Å². The number of anilines is 1. The zero-order chi connectivity index (χ0) is 15.0. The molecule has 3 rings (SSSR count). The molecule has 0 saturated heterocycles. The summed E-state index contributed by atoms with van der Waals surface area (Å²) in [7, 11) is 3.22. The van der Waals surface area contributed by atoms with Gasteiger partial charge < -0.3 is 15.2 Å². The van der Waals surface area contributed by atoms with Crippen LogP contribution in [-0.4, -0.2) is 23.6 Å². The fourth-order valence-corrected chi connectivity index (χ4v) is 2.36. The van der Waals surface area contributed by atoms with Gasteiger partial charge in [-0.2, -0.15) is 0 Å². The molecule has 5 nitrogen and oxygen atoms in total. The number of aryl methyl sites for hydroxylation is 1. The summed E-state index contributed by atoms with van der Waals surface area (Å²) in [6.07, 6.45) is 1.93. The second kappa shape index (κ2) is 6.15. The van der Waals surface area contributed by atoms with Crippen LogP contribution in [0.4, 0.5) is 5.82 Å². The van der Waals surface area contributed by atoms with Crippen molar-refractivity contribution in [2.45, 2.75) is 6.92 Å². The number of fused-ring (bicyclic) bond motifs is 1. The van der Waals surface area contributed by atoms with Crippen molar-refractivity contribution in [1.82, 2.24) is 9.38 Å². The van der Waals surface area contributed by atoms with Gasteiger partial charge in [0.25, 0.3) is 0 Å². The van der Waals surface area contributed by atoms with E-state index in [4.69, 9.17) is 15.2 Å². The zero-order valence-corrected chi connectivity index (χ0v) is 13.5. The molecule has 0 radical (unpaired) electrons. The van der Waals surface area contributed by atoms with Crippen LogP contribution >= 0.6 is 12.4 Å². The molecule has 2 N–H and O–H groups in total. The lowest BCUT2D eigenvalue weighted by molar-refractivity contribution is 0.355. The number of pyridine rings is 1. The number of nitrogen functional groups attached to an aromatic ring is 1. The summed E-state index contributed by atoms with van der Waals surface area (Å²) in [6, 6.07) is 9.66. The van der Waals surface area contributed by atoms with E-state index in [0.717, 1.165) is 22.5 Å². The van der Waals surface area contributed by atoms with Gasteiger partial charge in [0.15, 0.2) is 11.5 Å². The van der Waals surface area contributed by atoms with Crippen LogP contribution in [0.25, 0.3) is 16.9 Å². The predicted molar refractivity (Wildman–Crippen MR) is 90.1 cm³/mol. The molecule has 0 unspecified atom stereocenters. The zero-order valence-electron chi connectivity index (χ0n) is 12.7. The molecule has 0 aliphatic carbocycles. The standard InChI is InChI=1S/C16H17N3O2.ClH/c1-10-6-7-19-14(8-10)18-15(16(19)17)11-4-5-12(20-2)13(9-11)21-3;/h4-9H,17H2,1-3H3;1H. The summed E-state index contributed by atoms with van der Waals surface area (Å²) in [6.45, 7) is 2.03. The molecule has 116 valence electrons. The molecule has 1 aromatic carbocycles. The maximum Gasteiger partial charge on any atom is 0.161 e. The third-order valence-corrected chi connectivity index (χ3v) is 3.48. The second-order valence-electron chi connectivity index (χ2n) is 4.85. The smallest absolute Gasteiger partial charge is 0.161 e. The molecule has 0 spiro atoms. The molecule has 3 aromatic rings. The third kappa shape index (κ3) is 2.55. The van der Waals surface area contributed by atoms with E-state index in [1.165, 1.54) is 0 Å². The first-order chi connectivity index (χ1) is 10.1. The van der Waals surface area contributed by atoms with Gasteiger partial charge in [0.2, 0.25) is 0 Å². The van der Waals surface area contributed by atoms with Crippen LogP contribution in [0.15, 0.2) is 36.5 Å². The quantitative estimate of drug-likeness (QED) is 0.804. The number of aromatic nitrogens is 2. The number of hydrogen-bond donors (Lipinski definition) is 1.